The van der Waals surface area contributed by atoms with Crippen LogP contribution in [0.4, 0.5) is 0 Å². The molecule has 5 heteroatoms. The molecule has 2 nitrogen and oxygen atoms in total. The van der Waals surface area contributed by atoms with E-state index in [4.69, 9.17) is 12.2 Å². The van der Waals surface area contributed by atoms with E-state index in [0.717, 1.165) is 23.3 Å². The third-order valence-electron chi connectivity index (χ3n) is 3.14. The number of imidazole rings is 1. The number of nitrogens with one attached hydrogen (secondary N) is 1. The Kier molecular flexibility index (Phi) is 3.60. The van der Waals surface area contributed by atoms with E-state index < -0.39 is 0 Å². The van der Waals surface area contributed by atoms with E-state index in [9.17, 15) is 0 Å². The summed E-state index contributed by atoms with van der Waals surface area (Å²) in [5.41, 5.74) is 3.57. The summed E-state index contributed by atoms with van der Waals surface area (Å²) in [5, 5.41) is 0. The molecule has 0 saturated carbocycles. The van der Waals surface area contributed by atoms with Crippen LogP contribution in [0.5, 0.6) is 0 Å². The van der Waals surface area contributed by atoms with Crippen molar-refractivity contribution in [1.82, 2.24) is 9.55 Å². The molecule has 0 atom stereocenters. The minimum absolute atomic E-state index is 0.802. The quantitative estimate of drug-likeness (QED) is 0.652. The maximum atomic E-state index is 5.42. The fourth-order valence-corrected chi connectivity index (χ4v) is 3.96. The van der Waals surface area contributed by atoms with Crippen LogP contribution in [0.1, 0.15) is 10.4 Å². The predicted octanol–water partition coefficient (Wildman–Crippen LogP) is 5.07. The summed E-state index contributed by atoms with van der Waals surface area (Å²) in [6, 6.07) is 10.6. The molecule has 0 bridgehead atoms. The highest BCUT2D eigenvalue weighted by molar-refractivity contribution is 9.11. The first-order valence-corrected chi connectivity index (χ1v) is 8.08. The van der Waals surface area contributed by atoms with Crippen molar-refractivity contribution in [3.05, 3.63) is 49.3 Å². The summed E-state index contributed by atoms with van der Waals surface area (Å²) in [5.74, 6) is 0. The third-order valence-corrected chi connectivity index (χ3v) is 5.15. The molecule has 3 rings (SSSR count). The number of aryl methyl sites for hydroxylation is 3. The van der Waals surface area contributed by atoms with E-state index in [1.807, 2.05) is 0 Å². The predicted molar refractivity (Wildman–Crippen MR) is 87.6 cm³/mol. The highest BCUT2D eigenvalue weighted by Gasteiger charge is 2.05. The molecule has 2 aromatic heterocycles. The summed E-state index contributed by atoms with van der Waals surface area (Å²) in [7, 11) is 0. The third kappa shape index (κ3) is 2.68. The lowest BCUT2D eigenvalue weighted by Crippen LogP contribution is -2.00. The second-order valence-electron chi connectivity index (χ2n) is 4.56. The summed E-state index contributed by atoms with van der Waals surface area (Å²) in [4.78, 5) is 4.64. The molecule has 0 aliphatic heterocycles. The van der Waals surface area contributed by atoms with Crippen LogP contribution in [0.25, 0.3) is 11.0 Å². The zero-order chi connectivity index (χ0) is 13.4. The zero-order valence-corrected chi connectivity index (χ0v) is 13.7. The highest BCUT2D eigenvalue weighted by atomic mass is 79.9. The largest absolute Gasteiger partial charge is 0.331 e. The van der Waals surface area contributed by atoms with Gasteiger partial charge in [0.25, 0.3) is 0 Å². The van der Waals surface area contributed by atoms with Crippen molar-refractivity contribution in [3.63, 3.8) is 0 Å². The van der Waals surface area contributed by atoms with Gasteiger partial charge in [-0.1, -0.05) is 6.07 Å². The van der Waals surface area contributed by atoms with Crippen LogP contribution in [0.3, 0.4) is 0 Å². The van der Waals surface area contributed by atoms with Gasteiger partial charge in [0.2, 0.25) is 0 Å². The number of thiophene rings is 1. The number of halogens is 1. The standard InChI is InChI=1S/C14H13BrN2S2/c1-9-2-4-11-12(8-9)17(14(18)16-11)7-6-10-3-5-13(15)19-10/h2-5,8H,6-7H2,1H3,(H,16,18). The van der Waals surface area contributed by atoms with Crippen molar-refractivity contribution in [2.45, 2.75) is 19.9 Å². The fraction of sp³-hybridized carbons (Fsp3) is 0.214. The molecule has 0 aliphatic rings. The van der Waals surface area contributed by atoms with E-state index in [1.165, 1.54) is 19.7 Å². The topological polar surface area (TPSA) is 20.7 Å². The summed E-state index contributed by atoms with van der Waals surface area (Å²) < 4.78 is 4.17. The average Bonchev–Trinajstić information content (AvgIpc) is 2.90. The monoisotopic (exact) mass is 352 g/mol. The van der Waals surface area contributed by atoms with Crippen LogP contribution >= 0.6 is 39.5 Å². The van der Waals surface area contributed by atoms with Gasteiger partial charge in [-0.25, -0.2) is 0 Å². The summed E-state index contributed by atoms with van der Waals surface area (Å²) in [6.45, 7) is 3.02. The van der Waals surface area contributed by atoms with Crippen molar-refractivity contribution in [3.8, 4) is 0 Å². The maximum Gasteiger partial charge on any atom is 0.178 e. The van der Waals surface area contributed by atoms with Crippen LogP contribution in [-0.2, 0) is 13.0 Å². The van der Waals surface area contributed by atoms with Crippen molar-refractivity contribution in [1.29, 1.82) is 0 Å². The summed E-state index contributed by atoms with van der Waals surface area (Å²) >= 11 is 10.7. The molecule has 0 saturated heterocycles. The fourth-order valence-electron chi connectivity index (χ4n) is 2.19. The number of nitrogens with zero attached hydrogens (tertiary/aromatic N) is 1. The Bertz CT molecular complexity index is 782. The number of aromatic nitrogens is 2. The number of hydrogen-bond acceptors (Lipinski definition) is 2. The molecule has 0 unspecified atom stereocenters. The van der Waals surface area contributed by atoms with Crippen molar-refractivity contribution in [2.75, 3.05) is 0 Å². The van der Waals surface area contributed by atoms with E-state index in [2.05, 4.69) is 62.7 Å². The number of H-pyrrole nitrogens is 1. The second-order valence-corrected chi connectivity index (χ2v) is 7.49. The van der Waals surface area contributed by atoms with Crippen LogP contribution < -0.4 is 0 Å². The van der Waals surface area contributed by atoms with E-state index in [-0.39, 0.29) is 0 Å². The minimum atomic E-state index is 0.802. The van der Waals surface area contributed by atoms with Gasteiger partial charge in [0.15, 0.2) is 4.77 Å². The zero-order valence-electron chi connectivity index (χ0n) is 10.4. The molecule has 3 aromatic rings. The number of benzene rings is 1. The first-order chi connectivity index (χ1) is 9.13. The Morgan fingerprint density at radius 2 is 2.16 bits per heavy atom. The molecule has 1 N–H and O–H groups in total. The molecule has 0 aliphatic carbocycles. The molecule has 0 fully saturated rings. The Hall–Kier alpha value is -0.910. The van der Waals surface area contributed by atoms with Crippen LogP contribution in [-0.4, -0.2) is 9.55 Å². The number of fused-ring (bicyclic) bond motifs is 1. The number of hydrogen-bond donors (Lipinski definition) is 1. The number of rotatable bonds is 3. The number of aromatic amines is 1. The Morgan fingerprint density at radius 3 is 2.89 bits per heavy atom. The van der Waals surface area contributed by atoms with Gasteiger partial charge in [0.05, 0.1) is 14.8 Å². The van der Waals surface area contributed by atoms with Gasteiger partial charge < -0.3 is 9.55 Å². The highest BCUT2D eigenvalue weighted by Crippen LogP contribution is 2.23. The molecule has 2 heterocycles. The van der Waals surface area contributed by atoms with Gasteiger partial charge in [-0.3, -0.25) is 0 Å². The van der Waals surface area contributed by atoms with Gasteiger partial charge in [0, 0.05) is 11.4 Å². The van der Waals surface area contributed by atoms with Crippen LogP contribution in [0, 0.1) is 11.7 Å². The average molecular weight is 353 g/mol. The van der Waals surface area contributed by atoms with Crippen molar-refractivity contribution < 1.29 is 0 Å². The van der Waals surface area contributed by atoms with Gasteiger partial charge >= 0.3 is 0 Å². The van der Waals surface area contributed by atoms with Gasteiger partial charge in [-0.2, -0.15) is 0 Å². The van der Waals surface area contributed by atoms with Crippen molar-refractivity contribution >= 4 is 50.5 Å². The lowest BCUT2D eigenvalue weighted by atomic mass is 10.2. The SMILES string of the molecule is Cc1ccc2[nH]c(=S)n(CCc3ccc(Br)s3)c2c1. The maximum absolute atomic E-state index is 5.42. The van der Waals surface area contributed by atoms with Gasteiger partial charge in [-0.05, 0) is 71.3 Å². The molecule has 0 amide bonds. The normalized spacial score (nSPS) is 11.3. The first kappa shape index (κ1) is 13.1. The van der Waals surface area contributed by atoms with Gasteiger partial charge in [0.1, 0.15) is 0 Å². The lowest BCUT2D eigenvalue weighted by molar-refractivity contribution is 0.712. The molecule has 19 heavy (non-hydrogen) atoms. The molecule has 98 valence electrons. The Morgan fingerprint density at radius 1 is 1.32 bits per heavy atom. The molecule has 0 spiro atoms. The smallest absolute Gasteiger partial charge is 0.178 e. The first-order valence-electron chi connectivity index (χ1n) is 6.07. The molecule has 0 radical (unpaired) electrons. The van der Waals surface area contributed by atoms with E-state index in [1.54, 1.807) is 11.3 Å². The van der Waals surface area contributed by atoms with Crippen LogP contribution in [0.15, 0.2) is 34.1 Å². The Balaban J connectivity index is 1.94. The van der Waals surface area contributed by atoms with Gasteiger partial charge in [-0.15, -0.1) is 11.3 Å². The van der Waals surface area contributed by atoms with Crippen LogP contribution in [0.2, 0.25) is 0 Å². The summed E-state index contributed by atoms with van der Waals surface area (Å²) in [6.07, 6.45) is 1.01. The molecular weight excluding hydrogens is 340 g/mol. The molecular formula is C14H13BrN2S2. The van der Waals surface area contributed by atoms with Crippen molar-refractivity contribution in [2.24, 2.45) is 0 Å². The second kappa shape index (κ2) is 5.23. The van der Waals surface area contributed by atoms with E-state index >= 15 is 0 Å². The van der Waals surface area contributed by atoms with E-state index in [0.29, 0.717) is 0 Å². The molecule has 1 aromatic carbocycles. The lowest BCUT2D eigenvalue weighted by Gasteiger charge is -2.03. The minimum Gasteiger partial charge on any atom is -0.331 e. The Labute approximate surface area is 129 Å².